The normalized spacial score (nSPS) is 12.9. The van der Waals surface area contributed by atoms with Crippen LogP contribution in [-0.4, -0.2) is 9.81 Å². The van der Waals surface area contributed by atoms with E-state index >= 15 is 0 Å². The molecule has 1 atom stereocenters. The fourth-order valence-electron chi connectivity index (χ4n) is 0.897. The maximum atomic E-state index is 5.58. The minimum atomic E-state index is 0.455. The molecule has 2 N–H and O–H groups in total. The van der Waals surface area contributed by atoms with Gasteiger partial charge in [0.2, 0.25) is 0 Å². The topological polar surface area (TPSA) is 38.9 Å². The van der Waals surface area contributed by atoms with Gasteiger partial charge in [0, 0.05) is 28.8 Å². The van der Waals surface area contributed by atoms with Crippen LogP contribution in [0.15, 0.2) is 18.3 Å². The third-order valence-electron chi connectivity index (χ3n) is 1.33. The molecule has 0 fully saturated rings. The first-order valence-corrected chi connectivity index (χ1v) is 4.44. The van der Waals surface area contributed by atoms with Crippen LogP contribution in [0.2, 0.25) is 0 Å². The third kappa shape index (κ3) is 2.89. The number of hydrogen-bond donors (Lipinski definition) is 1. The number of halogens is 1. The predicted molar refractivity (Wildman–Crippen MR) is 50.7 cm³/mol. The van der Waals surface area contributed by atoms with Crippen LogP contribution in [0.25, 0.3) is 0 Å². The van der Waals surface area contributed by atoms with Crippen molar-refractivity contribution in [2.24, 2.45) is 0 Å². The highest BCUT2D eigenvalue weighted by Gasteiger charge is 1.99. The van der Waals surface area contributed by atoms with Gasteiger partial charge in [0.15, 0.2) is 0 Å². The van der Waals surface area contributed by atoms with Crippen LogP contribution in [0.4, 0.5) is 5.69 Å². The number of pyridine rings is 1. The highest BCUT2D eigenvalue weighted by Crippen LogP contribution is 2.09. The Bertz CT molecular complexity index is 235. The Balaban J connectivity index is 2.71. The number of nitrogens with zero attached hydrogens (tertiary/aromatic N) is 1. The van der Waals surface area contributed by atoms with Crippen LogP contribution < -0.4 is 5.73 Å². The first-order valence-electron chi connectivity index (χ1n) is 3.53. The highest BCUT2D eigenvalue weighted by atomic mass is 79.9. The quantitative estimate of drug-likeness (QED) is 0.766. The third-order valence-corrected chi connectivity index (χ3v) is 1.65. The van der Waals surface area contributed by atoms with Gasteiger partial charge >= 0.3 is 0 Å². The lowest BCUT2D eigenvalue weighted by atomic mass is 10.2. The molecule has 0 aromatic carbocycles. The smallest absolute Gasteiger partial charge is 0.0435 e. The summed E-state index contributed by atoms with van der Waals surface area (Å²) in [5, 5.41) is 0. The summed E-state index contributed by atoms with van der Waals surface area (Å²) < 4.78 is 0. The molecule has 0 aliphatic carbocycles. The lowest BCUT2D eigenvalue weighted by Crippen LogP contribution is -1.99. The minimum absolute atomic E-state index is 0.455. The number of anilines is 1. The Kier molecular flexibility index (Phi) is 2.88. The first-order chi connectivity index (χ1) is 5.18. The van der Waals surface area contributed by atoms with E-state index in [-0.39, 0.29) is 0 Å². The van der Waals surface area contributed by atoms with Gasteiger partial charge in [-0.3, -0.25) is 4.98 Å². The van der Waals surface area contributed by atoms with Crippen molar-refractivity contribution in [3.05, 3.63) is 24.0 Å². The highest BCUT2D eigenvalue weighted by molar-refractivity contribution is 9.09. The number of hydrogen-bond acceptors (Lipinski definition) is 2. The van der Waals surface area contributed by atoms with E-state index in [1.807, 2.05) is 6.07 Å². The Hall–Kier alpha value is -0.570. The van der Waals surface area contributed by atoms with Gasteiger partial charge in [-0.25, -0.2) is 0 Å². The minimum Gasteiger partial charge on any atom is -0.399 e. The summed E-state index contributed by atoms with van der Waals surface area (Å²) >= 11 is 3.45. The molecule has 3 heteroatoms. The van der Waals surface area contributed by atoms with Crippen molar-refractivity contribution in [1.29, 1.82) is 0 Å². The molecule has 0 aliphatic rings. The van der Waals surface area contributed by atoms with Crippen molar-refractivity contribution in [2.75, 3.05) is 5.73 Å². The van der Waals surface area contributed by atoms with E-state index in [1.165, 1.54) is 0 Å². The summed E-state index contributed by atoms with van der Waals surface area (Å²) in [6.45, 7) is 2.09. The van der Waals surface area contributed by atoms with Crippen molar-refractivity contribution in [2.45, 2.75) is 18.2 Å². The van der Waals surface area contributed by atoms with Crippen LogP contribution >= 0.6 is 15.9 Å². The molecule has 0 saturated carbocycles. The van der Waals surface area contributed by atoms with Crippen molar-refractivity contribution in [3.8, 4) is 0 Å². The molecule has 11 heavy (non-hydrogen) atoms. The van der Waals surface area contributed by atoms with Crippen molar-refractivity contribution in [3.63, 3.8) is 0 Å². The molecule has 1 aromatic heterocycles. The molecule has 0 aliphatic heterocycles. The second-order valence-corrected chi connectivity index (χ2v) is 4.13. The summed E-state index contributed by atoms with van der Waals surface area (Å²) in [6.07, 6.45) is 2.66. The fraction of sp³-hybridized carbons (Fsp3) is 0.375. The molecule has 0 spiro atoms. The lowest BCUT2D eigenvalue weighted by molar-refractivity contribution is 0.915. The number of aromatic nitrogens is 1. The molecule has 1 aromatic rings. The first kappa shape index (κ1) is 8.53. The number of alkyl halides is 1. The monoisotopic (exact) mass is 214 g/mol. The maximum Gasteiger partial charge on any atom is 0.0435 e. The SMILES string of the molecule is CC(Br)Cc1cc(N)ccn1. The molecule has 0 bridgehead atoms. The van der Waals surface area contributed by atoms with Gasteiger partial charge in [-0.2, -0.15) is 0 Å². The van der Waals surface area contributed by atoms with E-state index in [0.29, 0.717) is 4.83 Å². The fourth-order valence-corrected chi connectivity index (χ4v) is 1.23. The maximum absolute atomic E-state index is 5.58. The van der Waals surface area contributed by atoms with E-state index in [4.69, 9.17) is 5.73 Å². The zero-order valence-corrected chi connectivity index (χ0v) is 8.01. The van der Waals surface area contributed by atoms with Crippen LogP contribution in [0.3, 0.4) is 0 Å². The van der Waals surface area contributed by atoms with Gasteiger partial charge in [-0.15, -0.1) is 0 Å². The molecule has 0 amide bonds. The van der Waals surface area contributed by atoms with Gasteiger partial charge in [-0.1, -0.05) is 22.9 Å². The molecule has 2 nitrogen and oxygen atoms in total. The average Bonchev–Trinajstić information content (AvgIpc) is 1.85. The van der Waals surface area contributed by atoms with Gasteiger partial charge < -0.3 is 5.73 Å². The summed E-state index contributed by atoms with van der Waals surface area (Å²) in [4.78, 5) is 4.63. The molecule has 1 heterocycles. The Labute approximate surface area is 75.0 Å². The largest absolute Gasteiger partial charge is 0.399 e. The molecule has 1 rings (SSSR count). The zero-order chi connectivity index (χ0) is 8.27. The van der Waals surface area contributed by atoms with Crippen LogP contribution in [0, 0.1) is 0 Å². The number of nitrogens with two attached hydrogens (primary N) is 1. The summed E-state index contributed by atoms with van der Waals surface area (Å²) in [5.41, 5.74) is 7.40. The van der Waals surface area contributed by atoms with E-state index < -0.39 is 0 Å². The van der Waals surface area contributed by atoms with Gasteiger partial charge in [0.05, 0.1) is 0 Å². The summed E-state index contributed by atoms with van der Waals surface area (Å²) in [5.74, 6) is 0. The Morgan fingerprint density at radius 1 is 1.73 bits per heavy atom. The van der Waals surface area contributed by atoms with Gasteiger partial charge in [0.25, 0.3) is 0 Å². The Morgan fingerprint density at radius 3 is 3.00 bits per heavy atom. The van der Waals surface area contributed by atoms with Crippen molar-refractivity contribution in [1.82, 2.24) is 4.98 Å². The predicted octanol–water partition coefficient (Wildman–Crippen LogP) is 1.99. The average molecular weight is 215 g/mol. The van der Waals surface area contributed by atoms with Gasteiger partial charge in [-0.05, 0) is 12.1 Å². The number of rotatable bonds is 2. The van der Waals surface area contributed by atoms with E-state index in [1.54, 1.807) is 12.3 Å². The molecule has 60 valence electrons. The zero-order valence-electron chi connectivity index (χ0n) is 6.42. The lowest BCUT2D eigenvalue weighted by Gasteiger charge is -2.02. The molecule has 1 unspecified atom stereocenters. The standard InChI is InChI=1S/C8H11BrN2/c1-6(9)4-8-5-7(10)2-3-11-8/h2-3,5-6H,4H2,1H3,(H2,10,11). The van der Waals surface area contributed by atoms with Crippen LogP contribution in [0.5, 0.6) is 0 Å². The summed E-state index contributed by atoms with van der Waals surface area (Å²) in [7, 11) is 0. The van der Waals surface area contributed by atoms with Crippen LogP contribution in [0.1, 0.15) is 12.6 Å². The van der Waals surface area contributed by atoms with E-state index in [9.17, 15) is 0 Å². The molecule has 0 saturated heterocycles. The van der Waals surface area contributed by atoms with Gasteiger partial charge in [0.1, 0.15) is 0 Å². The summed E-state index contributed by atoms with van der Waals surface area (Å²) in [6, 6.07) is 3.69. The second kappa shape index (κ2) is 3.72. The van der Waals surface area contributed by atoms with E-state index in [0.717, 1.165) is 17.8 Å². The van der Waals surface area contributed by atoms with Crippen molar-refractivity contribution >= 4 is 21.6 Å². The second-order valence-electron chi connectivity index (χ2n) is 2.57. The van der Waals surface area contributed by atoms with Crippen LogP contribution in [-0.2, 0) is 6.42 Å². The Morgan fingerprint density at radius 2 is 2.45 bits per heavy atom. The van der Waals surface area contributed by atoms with Crippen molar-refractivity contribution < 1.29 is 0 Å². The number of nitrogen functional groups attached to an aromatic ring is 1. The molecular formula is C8H11BrN2. The molecular weight excluding hydrogens is 204 g/mol. The molecule has 0 radical (unpaired) electrons. The van der Waals surface area contributed by atoms with E-state index in [2.05, 4.69) is 27.8 Å².